The van der Waals surface area contributed by atoms with Crippen molar-refractivity contribution < 1.29 is 4.79 Å². The topological polar surface area (TPSA) is 65.1 Å². The van der Waals surface area contributed by atoms with Gasteiger partial charge in [-0.25, -0.2) is 9.97 Å². The number of hydrogen-bond acceptors (Lipinski definition) is 4. The lowest BCUT2D eigenvalue weighted by atomic mass is 9.78. The van der Waals surface area contributed by atoms with Crippen LogP contribution in [0.15, 0.2) is 36.7 Å². The molecule has 4 heterocycles. The lowest BCUT2D eigenvalue weighted by Gasteiger charge is -2.50. The van der Waals surface area contributed by atoms with Gasteiger partial charge in [-0.05, 0) is 37.5 Å². The molecule has 5 rings (SSSR count). The van der Waals surface area contributed by atoms with Crippen LogP contribution in [0.2, 0.25) is 0 Å². The number of nitrogens with one attached hydrogen (secondary N) is 1. The third-order valence-corrected chi connectivity index (χ3v) is 6.69. The molecular formula is C23H27N5O. The highest BCUT2D eigenvalue weighted by molar-refractivity contribution is 5.84. The zero-order chi connectivity index (χ0) is 20.0. The van der Waals surface area contributed by atoms with Crippen molar-refractivity contribution in [2.24, 2.45) is 0 Å². The highest BCUT2D eigenvalue weighted by Crippen LogP contribution is 2.43. The number of H-pyrrole nitrogens is 1. The Morgan fingerprint density at radius 2 is 2.00 bits per heavy atom. The number of fused-ring (bicyclic) bond motifs is 3. The molecule has 0 unspecified atom stereocenters. The van der Waals surface area contributed by atoms with Crippen molar-refractivity contribution in [3.63, 3.8) is 0 Å². The Kier molecular flexibility index (Phi) is 4.30. The first kappa shape index (κ1) is 18.2. The lowest BCUT2D eigenvalue weighted by molar-refractivity contribution is -0.140. The van der Waals surface area contributed by atoms with E-state index in [1.54, 1.807) is 6.33 Å². The molecule has 2 aromatic heterocycles. The van der Waals surface area contributed by atoms with Crippen LogP contribution in [0.25, 0.3) is 10.9 Å². The second-order valence-electron chi connectivity index (χ2n) is 8.21. The number of anilines is 1. The van der Waals surface area contributed by atoms with Crippen LogP contribution in [0.3, 0.4) is 0 Å². The fourth-order valence-corrected chi connectivity index (χ4v) is 5.14. The predicted molar refractivity (Wildman–Crippen MR) is 114 cm³/mol. The van der Waals surface area contributed by atoms with Gasteiger partial charge in [0.2, 0.25) is 5.91 Å². The maximum absolute atomic E-state index is 12.8. The van der Waals surface area contributed by atoms with Gasteiger partial charge in [0, 0.05) is 43.6 Å². The first-order chi connectivity index (χ1) is 14.1. The number of pyridine rings is 1. The van der Waals surface area contributed by atoms with Gasteiger partial charge in [-0.1, -0.05) is 25.1 Å². The molecule has 0 radical (unpaired) electrons. The van der Waals surface area contributed by atoms with Crippen molar-refractivity contribution in [1.29, 1.82) is 0 Å². The molecular weight excluding hydrogens is 362 g/mol. The van der Waals surface area contributed by atoms with Gasteiger partial charge >= 0.3 is 0 Å². The minimum atomic E-state index is -0.289. The van der Waals surface area contributed by atoms with E-state index in [4.69, 9.17) is 4.98 Å². The summed E-state index contributed by atoms with van der Waals surface area (Å²) in [6, 6.07) is 10.5. The minimum Gasteiger partial charge on any atom is -0.356 e. The number of imidazole rings is 1. The number of para-hydroxylation sites is 1. The van der Waals surface area contributed by atoms with Crippen molar-refractivity contribution in [1.82, 2.24) is 19.9 Å². The molecule has 150 valence electrons. The van der Waals surface area contributed by atoms with E-state index in [0.717, 1.165) is 55.9 Å². The van der Waals surface area contributed by atoms with Crippen LogP contribution in [0.4, 0.5) is 5.82 Å². The summed E-state index contributed by atoms with van der Waals surface area (Å²) in [5, 5.41) is 1.21. The van der Waals surface area contributed by atoms with Gasteiger partial charge in [0.15, 0.2) is 0 Å². The molecule has 0 atom stereocenters. The number of aryl methyl sites for hydroxylation is 1. The molecule has 6 nitrogen and oxygen atoms in total. The van der Waals surface area contributed by atoms with E-state index in [0.29, 0.717) is 6.42 Å². The van der Waals surface area contributed by atoms with Crippen LogP contribution in [0, 0.1) is 6.92 Å². The van der Waals surface area contributed by atoms with Gasteiger partial charge in [-0.2, -0.15) is 0 Å². The van der Waals surface area contributed by atoms with E-state index in [2.05, 4.69) is 51.0 Å². The quantitative estimate of drug-likeness (QED) is 0.728. The average molecular weight is 390 g/mol. The fourth-order valence-electron chi connectivity index (χ4n) is 5.14. The van der Waals surface area contributed by atoms with E-state index < -0.39 is 0 Å². The molecule has 0 saturated carbocycles. The van der Waals surface area contributed by atoms with Gasteiger partial charge in [-0.15, -0.1) is 0 Å². The Hall–Kier alpha value is -2.89. The Morgan fingerprint density at radius 3 is 2.79 bits per heavy atom. The summed E-state index contributed by atoms with van der Waals surface area (Å²) >= 11 is 0. The standard InChI is InChI=1S/C23H27N5O/c1-3-21(29)28-11-8-19-22(25-15-24-19)23(28)9-12-27(13-10-23)20-14-16(2)17-6-4-5-7-18(17)26-20/h4-7,14-15H,3,8-13H2,1-2H3,(H,24,25). The molecule has 1 spiro atoms. The summed E-state index contributed by atoms with van der Waals surface area (Å²) in [4.78, 5) is 30.1. The molecule has 1 fully saturated rings. The van der Waals surface area contributed by atoms with Gasteiger partial charge in [-0.3, -0.25) is 4.79 Å². The maximum atomic E-state index is 12.8. The smallest absolute Gasteiger partial charge is 0.223 e. The van der Waals surface area contributed by atoms with E-state index in [1.807, 2.05) is 13.0 Å². The summed E-state index contributed by atoms with van der Waals surface area (Å²) in [5.74, 6) is 1.26. The summed E-state index contributed by atoms with van der Waals surface area (Å²) in [6.07, 6.45) is 4.94. The molecule has 1 N–H and O–H groups in total. The van der Waals surface area contributed by atoms with E-state index in [9.17, 15) is 4.79 Å². The average Bonchev–Trinajstić information content (AvgIpc) is 3.24. The first-order valence-electron chi connectivity index (χ1n) is 10.6. The van der Waals surface area contributed by atoms with Crippen LogP contribution < -0.4 is 4.90 Å². The third-order valence-electron chi connectivity index (χ3n) is 6.69. The Morgan fingerprint density at radius 1 is 1.21 bits per heavy atom. The van der Waals surface area contributed by atoms with Gasteiger partial charge in [0.1, 0.15) is 5.82 Å². The summed E-state index contributed by atoms with van der Waals surface area (Å²) in [7, 11) is 0. The Labute approximate surface area is 171 Å². The summed E-state index contributed by atoms with van der Waals surface area (Å²) in [5.41, 5.74) is 4.27. The highest BCUT2D eigenvalue weighted by atomic mass is 16.2. The predicted octanol–water partition coefficient (Wildman–Crippen LogP) is 3.56. The molecule has 2 aliphatic heterocycles. The lowest BCUT2D eigenvalue weighted by Crippen LogP contribution is -2.58. The molecule has 0 bridgehead atoms. The normalized spacial score (nSPS) is 18.3. The second-order valence-corrected chi connectivity index (χ2v) is 8.21. The van der Waals surface area contributed by atoms with Crippen LogP contribution in [0.5, 0.6) is 0 Å². The molecule has 6 heteroatoms. The largest absolute Gasteiger partial charge is 0.356 e. The molecule has 1 amide bonds. The summed E-state index contributed by atoms with van der Waals surface area (Å²) < 4.78 is 0. The van der Waals surface area contributed by atoms with Gasteiger partial charge in [0.25, 0.3) is 0 Å². The Bertz CT molecular complexity index is 1060. The van der Waals surface area contributed by atoms with Crippen molar-refractivity contribution >= 4 is 22.6 Å². The van der Waals surface area contributed by atoms with Crippen molar-refractivity contribution in [3.8, 4) is 0 Å². The molecule has 29 heavy (non-hydrogen) atoms. The minimum absolute atomic E-state index is 0.228. The molecule has 1 aromatic carbocycles. The Balaban J connectivity index is 1.47. The van der Waals surface area contributed by atoms with Crippen molar-refractivity contribution in [2.75, 3.05) is 24.5 Å². The molecule has 3 aromatic rings. The van der Waals surface area contributed by atoms with E-state index >= 15 is 0 Å². The summed E-state index contributed by atoms with van der Waals surface area (Å²) in [6.45, 7) is 6.61. The molecule has 2 aliphatic rings. The second kappa shape index (κ2) is 6.87. The number of aromatic nitrogens is 3. The highest BCUT2D eigenvalue weighted by Gasteiger charge is 2.48. The van der Waals surface area contributed by atoms with Gasteiger partial charge in [0.05, 0.1) is 23.1 Å². The first-order valence-corrected chi connectivity index (χ1v) is 10.6. The number of benzene rings is 1. The monoisotopic (exact) mass is 389 g/mol. The van der Waals surface area contributed by atoms with Crippen LogP contribution in [0.1, 0.15) is 43.1 Å². The number of aromatic amines is 1. The van der Waals surface area contributed by atoms with Crippen LogP contribution >= 0.6 is 0 Å². The number of piperidine rings is 1. The van der Waals surface area contributed by atoms with Crippen molar-refractivity contribution in [3.05, 3.63) is 53.6 Å². The third kappa shape index (κ3) is 2.81. The maximum Gasteiger partial charge on any atom is 0.223 e. The molecule has 1 saturated heterocycles. The van der Waals surface area contributed by atoms with Crippen LogP contribution in [-0.2, 0) is 16.8 Å². The SMILES string of the molecule is CCC(=O)N1CCc2[nH]cnc2C12CCN(c1cc(C)c3ccccc3n1)CC2. The number of nitrogens with zero attached hydrogens (tertiary/aromatic N) is 4. The van der Waals surface area contributed by atoms with Crippen LogP contribution in [-0.4, -0.2) is 45.4 Å². The van der Waals surface area contributed by atoms with Gasteiger partial charge < -0.3 is 14.8 Å². The molecule has 0 aliphatic carbocycles. The van der Waals surface area contributed by atoms with Crippen molar-refractivity contribution in [2.45, 2.75) is 45.1 Å². The number of carbonyl (C=O) groups excluding carboxylic acids is 1. The van der Waals surface area contributed by atoms with E-state index in [1.165, 1.54) is 16.6 Å². The number of amides is 1. The fraction of sp³-hybridized carbons (Fsp3) is 0.435. The zero-order valence-corrected chi connectivity index (χ0v) is 17.1. The zero-order valence-electron chi connectivity index (χ0n) is 17.1. The number of hydrogen-bond donors (Lipinski definition) is 1. The number of carbonyl (C=O) groups is 1. The van der Waals surface area contributed by atoms with E-state index in [-0.39, 0.29) is 11.4 Å². The number of rotatable bonds is 2.